The van der Waals surface area contributed by atoms with Crippen LogP contribution in [0.5, 0.6) is 0 Å². The van der Waals surface area contributed by atoms with Gasteiger partial charge in [0.2, 0.25) is 10.0 Å². The number of thiazole rings is 1. The van der Waals surface area contributed by atoms with E-state index in [2.05, 4.69) is 9.71 Å². The molecule has 2 rings (SSSR count). The quantitative estimate of drug-likeness (QED) is 0.799. The van der Waals surface area contributed by atoms with Crippen LogP contribution >= 0.6 is 11.3 Å². The number of benzene rings is 1. The highest BCUT2D eigenvalue weighted by atomic mass is 32.2. The van der Waals surface area contributed by atoms with E-state index in [0.717, 1.165) is 5.01 Å². The van der Waals surface area contributed by atoms with Gasteiger partial charge in [0.15, 0.2) is 0 Å². The van der Waals surface area contributed by atoms with Gasteiger partial charge in [-0.15, -0.1) is 11.3 Å². The first-order valence-electron chi connectivity index (χ1n) is 6.17. The Morgan fingerprint density at radius 3 is 2.65 bits per heavy atom. The highest BCUT2D eigenvalue weighted by molar-refractivity contribution is 7.88. The topological polar surface area (TPSA) is 85.1 Å². The van der Waals surface area contributed by atoms with Gasteiger partial charge in [0, 0.05) is 29.7 Å². The molecule has 1 unspecified atom stereocenters. The van der Waals surface area contributed by atoms with Crippen molar-refractivity contribution in [1.82, 2.24) is 9.71 Å². The van der Waals surface area contributed by atoms with Crippen molar-refractivity contribution in [2.75, 3.05) is 12.3 Å². The maximum absolute atomic E-state index is 12.0. The molecule has 0 aliphatic rings. The number of anilines is 1. The maximum atomic E-state index is 12.0. The van der Waals surface area contributed by atoms with E-state index in [0.29, 0.717) is 17.8 Å². The number of hydrogen-bond donors (Lipinski definition) is 2. The van der Waals surface area contributed by atoms with E-state index >= 15 is 0 Å². The standard InChI is InChI=1S/C13H17N3O2S2/c1-10(13-15-6-7-19-13)8-16-20(17,18)9-11-2-4-12(14)5-3-11/h2-7,10,16H,8-9,14H2,1H3. The van der Waals surface area contributed by atoms with Crippen LogP contribution in [0.25, 0.3) is 0 Å². The number of nitrogens with one attached hydrogen (secondary N) is 1. The van der Waals surface area contributed by atoms with Gasteiger partial charge in [-0.25, -0.2) is 18.1 Å². The van der Waals surface area contributed by atoms with Crippen molar-refractivity contribution in [3.8, 4) is 0 Å². The molecule has 0 aliphatic carbocycles. The molecule has 1 aromatic heterocycles. The van der Waals surface area contributed by atoms with Crippen molar-refractivity contribution in [2.24, 2.45) is 0 Å². The first-order chi connectivity index (χ1) is 9.46. The van der Waals surface area contributed by atoms with Crippen molar-refractivity contribution in [3.05, 3.63) is 46.4 Å². The Morgan fingerprint density at radius 2 is 2.05 bits per heavy atom. The van der Waals surface area contributed by atoms with E-state index in [1.54, 1.807) is 30.5 Å². The van der Waals surface area contributed by atoms with Crippen LogP contribution in [0.1, 0.15) is 23.4 Å². The summed E-state index contributed by atoms with van der Waals surface area (Å²) >= 11 is 1.53. The molecule has 0 spiro atoms. The molecule has 1 atom stereocenters. The summed E-state index contributed by atoms with van der Waals surface area (Å²) in [6.07, 6.45) is 1.72. The number of nitrogens with zero attached hydrogens (tertiary/aromatic N) is 1. The van der Waals surface area contributed by atoms with Crippen LogP contribution in [-0.4, -0.2) is 19.9 Å². The van der Waals surface area contributed by atoms with E-state index in [1.165, 1.54) is 11.3 Å². The number of nitrogen functional groups attached to an aromatic ring is 1. The van der Waals surface area contributed by atoms with Crippen LogP contribution in [-0.2, 0) is 15.8 Å². The zero-order chi connectivity index (χ0) is 14.6. The number of rotatable bonds is 6. The third-order valence-electron chi connectivity index (χ3n) is 2.82. The lowest BCUT2D eigenvalue weighted by molar-refractivity contribution is 0.574. The second kappa shape index (κ2) is 6.34. The summed E-state index contributed by atoms with van der Waals surface area (Å²) in [7, 11) is -3.35. The van der Waals surface area contributed by atoms with Crippen molar-refractivity contribution in [3.63, 3.8) is 0 Å². The number of sulfonamides is 1. The lowest BCUT2D eigenvalue weighted by Gasteiger charge is -2.11. The molecule has 0 aliphatic heterocycles. The van der Waals surface area contributed by atoms with E-state index < -0.39 is 10.0 Å². The first kappa shape index (κ1) is 15.0. The molecule has 7 heteroatoms. The van der Waals surface area contributed by atoms with Gasteiger partial charge < -0.3 is 5.73 Å². The molecule has 2 aromatic rings. The third kappa shape index (κ3) is 4.29. The fourth-order valence-electron chi connectivity index (χ4n) is 1.70. The summed E-state index contributed by atoms with van der Waals surface area (Å²) in [6.45, 7) is 2.30. The summed E-state index contributed by atoms with van der Waals surface area (Å²) < 4.78 is 26.6. The van der Waals surface area contributed by atoms with Crippen molar-refractivity contribution in [2.45, 2.75) is 18.6 Å². The molecule has 108 valence electrons. The normalized spacial score (nSPS) is 13.2. The lowest BCUT2D eigenvalue weighted by atomic mass is 10.2. The lowest BCUT2D eigenvalue weighted by Crippen LogP contribution is -2.28. The minimum absolute atomic E-state index is 0.0438. The SMILES string of the molecule is CC(CNS(=O)(=O)Cc1ccc(N)cc1)c1nccs1. The van der Waals surface area contributed by atoms with Crippen molar-refractivity contribution < 1.29 is 8.42 Å². The number of nitrogens with two attached hydrogens (primary N) is 1. The Hall–Kier alpha value is -1.44. The summed E-state index contributed by atoms with van der Waals surface area (Å²) in [5.41, 5.74) is 6.91. The maximum Gasteiger partial charge on any atom is 0.215 e. The average Bonchev–Trinajstić information content (AvgIpc) is 2.93. The fraction of sp³-hybridized carbons (Fsp3) is 0.308. The molecule has 0 amide bonds. The Labute approximate surface area is 122 Å². The molecule has 0 saturated heterocycles. The molecule has 1 aromatic carbocycles. The van der Waals surface area contributed by atoms with Crippen LogP contribution in [0.2, 0.25) is 0 Å². The van der Waals surface area contributed by atoms with Gasteiger partial charge in [0.1, 0.15) is 0 Å². The minimum Gasteiger partial charge on any atom is -0.399 e. The van der Waals surface area contributed by atoms with Gasteiger partial charge in [0.25, 0.3) is 0 Å². The monoisotopic (exact) mass is 311 g/mol. The van der Waals surface area contributed by atoms with Gasteiger partial charge in [0.05, 0.1) is 10.8 Å². The summed E-state index contributed by atoms with van der Waals surface area (Å²) in [5.74, 6) is 0.0221. The van der Waals surface area contributed by atoms with Gasteiger partial charge in [-0.3, -0.25) is 0 Å². The van der Waals surface area contributed by atoms with Gasteiger partial charge >= 0.3 is 0 Å². The fourth-order valence-corrected chi connectivity index (χ4v) is 3.64. The highest BCUT2D eigenvalue weighted by Crippen LogP contribution is 2.17. The van der Waals surface area contributed by atoms with E-state index in [9.17, 15) is 8.42 Å². The van der Waals surface area contributed by atoms with E-state index in [4.69, 9.17) is 5.73 Å². The number of hydrogen-bond acceptors (Lipinski definition) is 5. The van der Waals surface area contributed by atoms with Crippen LogP contribution in [0.3, 0.4) is 0 Å². The molecule has 1 heterocycles. The molecule has 0 bridgehead atoms. The zero-order valence-electron chi connectivity index (χ0n) is 11.1. The smallest absolute Gasteiger partial charge is 0.215 e. The molecule has 0 fully saturated rings. The molecule has 0 saturated carbocycles. The van der Waals surface area contributed by atoms with Crippen molar-refractivity contribution in [1.29, 1.82) is 0 Å². The highest BCUT2D eigenvalue weighted by Gasteiger charge is 2.15. The third-order valence-corrected chi connectivity index (χ3v) is 5.15. The largest absolute Gasteiger partial charge is 0.399 e. The Morgan fingerprint density at radius 1 is 1.35 bits per heavy atom. The van der Waals surface area contributed by atoms with E-state index in [1.807, 2.05) is 12.3 Å². The second-order valence-electron chi connectivity index (χ2n) is 4.62. The van der Waals surface area contributed by atoms with E-state index in [-0.39, 0.29) is 11.7 Å². The van der Waals surface area contributed by atoms with Crippen LogP contribution in [0.15, 0.2) is 35.8 Å². The van der Waals surface area contributed by atoms with Crippen molar-refractivity contribution >= 4 is 27.0 Å². The van der Waals surface area contributed by atoms with Crippen LogP contribution < -0.4 is 10.5 Å². The van der Waals surface area contributed by atoms with Gasteiger partial charge in [-0.05, 0) is 17.7 Å². The van der Waals surface area contributed by atoms with Gasteiger partial charge in [-0.2, -0.15) is 0 Å². The predicted molar refractivity (Wildman–Crippen MR) is 82.0 cm³/mol. The summed E-state index contributed by atoms with van der Waals surface area (Å²) in [4.78, 5) is 4.18. The Bertz CT molecular complexity index is 637. The Kier molecular flexibility index (Phi) is 4.74. The molecule has 20 heavy (non-hydrogen) atoms. The molecule has 0 radical (unpaired) electrons. The minimum atomic E-state index is -3.35. The predicted octanol–water partition coefficient (Wildman–Crippen LogP) is 1.95. The molecule has 3 N–H and O–H groups in total. The molecule has 5 nitrogen and oxygen atoms in total. The summed E-state index contributed by atoms with van der Waals surface area (Å²) in [6, 6.07) is 6.84. The first-order valence-corrected chi connectivity index (χ1v) is 8.70. The zero-order valence-corrected chi connectivity index (χ0v) is 12.7. The molecular formula is C13H17N3O2S2. The second-order valence-corrected chi connectivity index (χ2v) is 7.35. The number of aromatic nitrogens is 1. The van der Waals surface area contributed by atoms with Gasteiger partial charge in [-0.1, -0.05) is 19.1 Å². The molecular weight excluding hydrogens is 294 g/mol. The average molecular weight is 311 g/mol. The van der Waals surface area contributed by atoms with Crippen LogP contribution in [0.4, 0.5) is 5.69 Å². The van der Waals surface area contributed by atoms with Crippen LogP contribution in [0, 0.1) is 0 Å². The summed E-state index contributed by atoms with van der Waals surface area (Å²) in [5, 5.41) is 2.81. The Balaban J connectivity index is 1.92.